The summed E-state index contributed by atoms with van der Waals surface area (Å²) in [5, 5.41) is 18.2. The molecular weight excluding hydrogens is 491 g/mol. The van der Waals surface area contributed by atoms with Gasteiger partial charge in [0, 0.05) is 9.26 Å². The number of nitrogens with zero attached hydrogens (tertiary/aromatic N) is 4. The van der Waals surface area contributed by atoms with E-state index < -0.39 is 4.92 Å². The maximum atomic E-state index is 11.7. The molecular formula is C18H13IN6O2S. The van der Waals surface area contributed by atoms with Gasteiger partial charge in [0.15, 0.2) is 5.13 Å². The van der Waals surface area contributed by atoms with Crippen LogP contribution in [0.3, 0.4) is 0 Å². The molecule has 0 bridgehead atoms. The normalized spacial score (nSPS) is 10.8. The average Bonchev–Trinajstić information content (AvgIpc) is 3.05. The quantitative estimate of drug-likeness (QED) is 0.213. The second-order valence-corrected chi connectivity index (χ2v) is 8.20. The Morgan fingerprint density at radius 3 is 2.50 bits per heavy atom. The van der Waals surface area contributed by atoms with Crippen molar-refractivity contribution in [3.63, 3.8) is 0 Å². The van der Waals surface area contributed by atoms with Crippen molar-refractivity contribution in [2.75, 3.05) is 10.6 Å². The molecule has 2 heterocycles. The number of halogens is 1. The number of thiazole rings is 1. The molecule has 0 aliphatic heterocycles. The smallest absolute Gasteiger partial charge is 0.334 e. The van der Waals surface area contributed by atoms with E-state index in [0.29, 0.717) is 10.8 Å². The van der Waals surface area contributed by atoms with Crippen molar-refractivity contribution in [2.24, 2.45) is 0 Å². The van der Waals surface area contributed by atoms with E-state index in [4.69, 9.17) is 0 Å². The van der Waals surface area contributed by atoms with Gasteiger partial charge in [0.05, 0.1) is 15.1 Å². The highest BCUT2D eigenvalue weighted by atomic mass is 127. The Morgan fingerprint density at radius 2 is 1.79 bits per heavy atom. The molecule has 0 radical (unpaired) electrons. The Balaban J connectivity index is 1.69. The Labute approximate surface area is 177 Å². The van der Waals surface area contributed by atoms with Crippen molar-refractivity contribution in [2.45, 2.75) is 6.92 Å². The molecule has 2 aromatic heterocycles. The summed E-state index contributed by atoms with van der Waals surface area (Å²) < 4.78 is 2.06. The van der Waals surface area contributed by atoms with E-state index in [0.717, 1.165) is 19.4 Å². The van der Waals surface area contributed by atoms with Gasteiger partial charge in [-0.2, -0.15) is 0 Å². The maximum Gasteiger partial charge on any atom is 0.353 e. The number of anilines is 4. The zero-order chi connectivity index (χ0) is 19.7. The number of hydrogen-bond acceptors (Lipinski definition) is 8. The van der Waals surface area contributed by atoms with E-state index in [1.807, 2.05) is 49.4 Å². The molecule has 0 saturated heterocycles. The summed E-state index contributed by atoms with van der Waals surface area (Å²) in [6.45, 7) is 2.00. The monoisotopic (exact) mass is 504 g/mol. The lowest BCUT2D eigenvalue weighted by Crippen LogP contribution is -2.05. The van der Waals surface area contributed by atoms with Crippen LogP contribution in [0.2, 0.25) is 0 Å². The highest BCUT2D eigenvalue weighted by molar-refractivity contribution is 14.1. The van der Waals surface area contributed by atoms with Crippen LogP contribution in [-0.4, -0.2) is 19.9 Å². The third-order valence-electron chi connectivity index (χ3n) is 3.88. The minimum Gasteiger partial charge on any atom is -0.334 e. The lowest BCUT2D eigenvalue weighted by Gasteiger charge is -2.09. The van der Waals surface area contributed by atoms with Crippen molar-refractivity contribution in [3.8, 4) is 0 Å². The lowest BCUT2D eigenvalue weighted by atomic mass is 10.2. The van der Waals surface area contributed by atoms with E-state index in [9.17, 15) is 10.1 Å². The number of benzene rings is 2. The second kappa shape index (κ2) is 7.64. The Bertz CT molecular complexity index is 1180. The molecule has 140 valence electrons. The topological polar surface area (TPSA) is 106 Å². The summed E-state index contributed by atoms with van der Waals surface area (Å²) in [4.78, 5) is 23.8. The number of nitrogens with one attached hydrogen (secondary N) is 2. The predicted octanol–water partition coefficient (Wildman–Crippen LogP) is 5.39. The molecule has 0 atom stereocenters. The van der Waals surface area contributed by atoms with Crippen LogP contribution >= 0.6 is 33.9 Å². The van der Waals surface area contributed by atoms with Crippen LogP contribution < -0.4 is 10.6 Å². The molecule has 4 rings (SSSR count). The number of fused-ring (bicyclic) bond motifs is 1. The zero-order valence-corrected chi connectivity index (χ0v) is 17.5. The minimum atomic E-state index is -0.505. The fourth-order valence-corrected chi connectivity index (χ4v) is 3.91. The van der Waals surface area contributed by atoms with Gasteiger partial charge in [-0.15, -0.1) is 0 Å². The molecule has 2 N–H and O–H groups in total. The van der Waals surface area contributed by atoms with Crippen molar-refractivity contribution >= 4 is 72.3 Å². The van der Waals surface area contributed by atoms with Gasteiger partial charge >= 0.3 is 5.69 Å². The van der Waals surface area contributed by atoms with Crippen LogP contribution in [0.1, 0.15) is 5.56 Å². The number of rotatable bonds is 5. The van der Waals surface area contributed by atoms with Crippen LogP contribution in [0.25, 0.3) is 10.2 Å². The first kappa shape index (κ1) is 18.5. The van der Waals surface area contributed by atoms with Gasteiger partial charge in [-0.1, -0.05) is 17.4 Å². The predicted molar refractivity (Wildman–Crippen MR) is 119 cm³/mol. The van der Waals surface area contributed by atoms with Gasteiger partial charge in [-0.05, 0) is 71.5 Å². The molecule has 0 amide bonds. The van der Waals surface area contributed by atoms with E-state index in [1.54, 1.807) is 0 Å². The van der Waals surface area contributed by atoms with Crippen molar-refractivity contribution in [1.29, 1.82) is 0 Å². The molecule has 4 aromatic rings. The summed E-state index contributed by atoms with van der Waals surface area (Å²) in [6.07, 6.45) is 1.28. The Kier molecular flexibility index (Phi) is 5.05. The molecule has 8 nitrogen and oxygen atoms in total. The second-order valence-electron chi connectivity index (χ2n) is 5.92. The van der Waals surface area contributed by atoms with Gasteiger partial charge in [-0.25, -0.2) is 15.0 Å². The Hall–Kier alpha value is -2.86. The fourth-order valence-electron chi connectivity index (χ4n) is 2.59. The SMILES string of the molecule is Cc1ccc2nc(Nc3ncnc(Nc4ccc(I)cc4)c3[N+](=O)[O-])sc2c1. The van der Waals surface area contributed by atoms with Gasteiger partial charge in [0.25, 0.3) is 0 Å². The molecule has 0 unspecified atom stereocenters. The van der Waals surface area contributed by atoms with Crippen LogP contribution in [0.4, 0.5) is 28.1 Å². The van der Waals surface area contributed by atoms with Gasteiger partial charge < -0.3 is 10.6 Å². The Morgan fingerprint density at radius 1 is 1.07 bits per heavy atom. The number of aryl methyl sites for hydroxylation is 1. The number of aromatic nitrogens is 3. The standard InChI is InChI=1S/C18H13IN6O2S/c1-10-2-7-13-14(8-10)28-18(23-13)24-17-15(25(26)27)16(20-9-21-17)22-12-5-3-11(19)4-6-12/h2-9H,1H3,(H2,20,21,22,23,24). The van der Waals surface area contributed by atoms with Crippen LogP contribution in [0.15, 0.2) is 48.8 Å². The van der Waals surface area contributed by atoms with Crippen molar-refractivity contribution in [3.05, 3.63) is 68.0 Å². The molecule has 2 aromatic carbocycles. The third kappa shape index (κ3) is 3.87. The zero-order valence-electron chi connectivity index (χ0n) is 14.5. The maximum absolute atomic E-state index is 11.7. The third-order valence-corrected chi connectivity index (χ3v) is 5.53. The summed E-state index contributed by atoms with van der Waals surface area (Å²) in [5.74, 6) is 0.199. The molecule has 0 aliphatic carbocycles. The number of nitro groups is 1. The van der Waals surface area contributed by atoms with Crippen molar-refractivity contribution < 1.29 is 4.92 Å². The molecule has 0 spiro atoms. The molecule has 28 heavy (non-hydrogen) atoms. The minimum absolute atomic E-state index is 0.0868. The molecule has 10 heteroatoms. The first-order valence-electron chi connectivity index (χ1n) is 8.16. The summed E-state index contributed by atoms with van der Waals surface area (Å²) in [5.41, 5.74) is 2.41. The van der Waals surface area contributed by atoms with Gasteiger partial charge in [0.2, 0.25) is 11.6 Å². The van der Waals surface area contributed by atoms with E-state index in [2.05, 4.69) is 48.2 Å². The van der Waals surface area contributed by atoms with Gasteiger partial charge in [0.1, 0.15) is 6.33 Å². The molecule has 0 aliphatic rings. The summed E-state index contributed by atoms with van der Waals surface area (Å²) in [7, 11) is 0. The van der Waals surface area contributed by atoms with Crippen LogP contribution in [-0.2, 0) is 0 Å². The highest BCUT2D eigenvalue weighted by Gasteiger charge is 2.24. The number of hydrogen-bond donors (Lipinski definition) is 2. The first-order chi connectivity index (χ1) is 13.5. The van der Waals surface area contributed by atoms with Gasteiger partial charge in [-0.3, -0.25) is 10.1 Å². The van der Waals surface area contributed by atoms with Crippen molar-refractivity contribution in [1.82, 2.24) is 15.0 Å². The highest BCUT2D eigenvalue weighted by Crippen LogP contribution is 2.35. The van der Waals surface area contributed by atoms with E-state index >= 15 is 0 Å². The van der Waals surface area contributed by atoms with Crippen LogP contribution in [0, 0.1) is 20.6 Å². The summed E-state index contributed by atoms with van der Waals surface area (Å²) >= 11 is 3.60. The lowest BCUT2D eigenvalue weighted by molar-refractivity contribution is -0.383. The van der Waals surface area contributed by atoms with E-state index in [-0.39, 0.29) is 17.3 Å². The fraction of sp³-hybridized carbons (Fsp3) is 0.0556. The largest absolute Gasteiger partial charge is 0.353 e. The van der Waals surface area contributed by atoms with Crippen LogP contribution in [0.5, 0.6) is 0 Å². The summed E-state index contributed by atoms with van der Waals surface area (Å²) in [6, 6.07) is 13.4. The van der Waals surface area contributed by atoms with E-state index in [1.165, 1.54) is 17.7 Å². The first-order valence-corrected chi connectivity index (χ1v) is 10.1. The average molecular weight is 504 g/mol. The molecule has 0 fully saturated rings. The molecule has 0 saturated carbocycles.